The zero-order valence-corrected chi connectivity index (χ0v) is 17.9. The molecule has 2 fully saturated rings. The van der Waals surface area contributed by atoms with Gasteiger partial charge in [0.2, 0.25) is 11.8 Å². The van der Waals surface area contributed by atoms with Crippen LogP contribution < -0.4 is 14.5 Å². The molecule has 2 aromatic carbocycles. The number of aryl methyl sites for hydroxylation is 1. The van der Waals surface area contributed by atoms with Crippen molar-refractivity contribution in [3.63, 3.8) is 0 Å². The Morgan fingerprint density at radius 3 is 2.28 bits per heavy atom. The van der Waals surface area contributed by atoms with E-state index in [1.165, 1.54) is 18.7 Å². The largest absolute Gasteiger partial charge is 0.427 e. The number of carbonyl (C=O) groups excluding carboxylic acids is 4. The number of fused-ring (bicyclic) bond motifs is 5. The first-order valence-electron chi connectivity index (χ1n) is 10.5. The van der Waals surface area contributed by atoms with Gasteiger partial charge in [0.15, 0.2) is 5.78 Å². The summed E-state index contributed by atoms with van der Waals surface area (Å²) in [5.74, 6) is -2.36. The van der Waals surface area contributed by atoms with Gasteiger partial charge in [0, 0.05) is 12.6 Å². The summed E-state index contributed by atoms with van der Waals surface area (Å²) >= 11 is 0. The van der Waals surface area contributed by atoms with Crippen molar-refractivity contribution < 1.29 is 23.9 Å². The lowest BCUT2D eigenvalue weighted by molar-refractivity contribution is -0.132. The number of rotatable bonds is 3. The SMILES string of the molecule is CC(=O)Oc1ccc(N2C(=O)C3C(C2=O)C(C(C)=O)N2c4ccc(C)cc4C=CC32)cc1. The van der Waals surface area contributed by atoms with Crippen LogP contribution in [-0.4, -0.2) is 35.7 Å². The fourth-order valence-corrected chi connectivity index (χ4v) is 5.24. The Balaban J connectivity index is 1.54. The molecule has 32 heavy (non-hydrogen) atoms. The summed E-state index contributed by atoms with van der Waals surface area (Å²) in [6, 6.07) is 11.1. The number of ketones is 1. The highest BCUT2D eigenvalue weighted by molar-refractivity contribution is 6.24. The van der Waals surface area contributed by atoms with Crippen molar-refractivity contribution in [2.24, 2.45) is 11.8 Å². The summed E-state index contributed by atoms with van der Waals surface area (Å²) in [6.45, 7) is 4.77. The number of hydrogen-bond donors (Lipinski definition) is 0. The summed E-state index contributed by atoms with van der Waals surface area (Å²) in [4.78, 5) is 54.0. The maximum atomic E-state index is 13.5. The highest BCUT2D eigenvalue weighted by Crippen LogP contribution is 2.49. The molecule has 0 aromatic heterocycles. The molecule has 7 nitrogen and oxygen atoms in total. The number of amides is 2. The van der Waals surface area contributed by atoms with Gasteiger partial charge >= 0.3 is 5.97 Å². The molecule has 0 aliphatic carbocycles. The Hall–Kier alpha value is -3.74. The molecule has 2 amide bonds. The second-order valence-corrected chi connectivity index (χ2v) is 8.53. The number of benzene rings is 2. The average Bonchev–Trinajstić information content (AvgIpc) is 3.21. The molecule has 162 valence electrons. The maximum absolute atomic E-state index is 13.5. The maximum Gasteiger partial charge on any atom is 0.308 e. The third kappa shape index (κ3) is 2.88. The number of ether oxygens (including phenoxy) is 1. The van der Waals surface area contributed by atoms with E-state index < -0.39 is 23.8 Å². The molecule has 0 spiro atoms. The van der Waals surface area contributed by atoms with E-state index in [4.69, 9.17) is 4.74 Å². The van der Waals surface area contributed by atoms with E-state index in [-0.39, 0.29) is 23.6 Å². The van der Waals surface area contributed by atoms with E-state index in [1.54, 1.807) is 24.3 Å². The molecule has 5 rings (SSSR count). The zero-order valence-electron chi connectivity index (χ0n) is 17.9. The molecular formula is C25H22N2O5. The molecule has 7 heteroatoms. The fraction of sp³-hybridized carbons (Fsp3) is 0.280. The van der Waals surface area contributed by atoms with Crippen molar-refractivity contribution in [2.75, 3.05) is 9.80 Å². The molecule has 2 aromatic rings. The smallest absolute Gasteiger partial charge is 0.308 e. The van der Waals surface area contributed by atoms with E-state index in [0.29, 0.717) is 11.4 Å². The molecule has 3 aliphatic heterocycles. The molecule has 3 heterocycles. The van der Waals surface area contributed by atoms with E-state index in [9.17, 15) is 19.2 Å². The number of Topliss-reactive ketones (excluding diaryl/α,β-unsaturated/α-hetero) is 1. The van der Waals surface area contributed by atoms with Crippen molar-refractivity contribution in [1.29, 1.82) is 0 Å². The van der Waals surface area contributed by atoms with Gasteiger partial charge in [-0.3, -0.25) is 19.2 Å². The molecule has 0 saturated carbocycles. The van der Waals surface area contributed by atoms with Gasteiger partial charge < -0.3 is 9.64 Å². The topological polar surface area (TPSA) is 84.0 Å². The second-order valence-electron chi connectivity index (χ2n) is 8.53. The fourth-order valence-electron chi connectivity index (χ4n) is 5.24. The lowest BCUT2D eigenvalue weighted by Crippen LogP contribution is -2.48. The van der Waals surface area contributed by atoms with Gasteiger partial charge in [-0.05, 0) is 55.8 Å². The predicted octanol–water partition coefficient (Wildman–Crippen LogP) is 2.90. The van der Waals surface area contributed by atoms with Gasteiger partial charge in [0.1, 0.15) is 11.8 Å². The van der Waals surface area contributed by atoms with Crippen LogP contribution in [0.5, 0.6) is 5.75 Å². The van der Waals surface area contributed by atoms with Crippen LogP contribution in [0.15, 0.2) is 48.5 Å². The number of hydrogen-bond acceptors (Lipinski definition) is 6. The molecule has 0 N–H and O–H groups in total. The van der Waals surface area contributed by atoms with Crippen LogP contribution in [-0.2, 0) is 19.2 Å². The lowest BCUT2D eigenvalue weighted by atomic mass is 9.88. The minimum atomic E-state index is -0.755. The quantitative estimate of drug-likeness (QED) is 0.423. The number of imide groups is 1. The lowest BCUT2D eigenvalue weighted by Gasteiger charge is -2.36. The van der Waals surface area contributed by atoms with Crippen LogP contribution in [0.3, 0.4) is 0 Å². The van der Waals surface area contributed by atoms with Crippen LogP contribution >= 0.6 is 0 Å². The van der Waals surface area contributed by atoms with Crippen molar-refractivity contribution >= 4 is 41.0 Å². The third-order valence-electron chi connectivity index (χ3n) is 6.43. The Labute approximate surface area is 185 Å². The number of anilines is 2. The Kier molecular flexibility index (Phi) is 4.51. The predicted molar refractivity (Wildman–Crippen MR) is 118 cm³/mol. The summed E-state index contributed by atoms with van der Waals surface area (Å²) in [7, 11) is 0. The molecule has 3 aliphatic rings. The monoisotopic (exact) mass is 430 g/mol. The Morgan fingerprint density at radius 2 is 1.62 bits per heavy atom. The van der Waals surface area contributed by atoms with Crippen LogP contribution in [0, 0.1) is 18.8 Å². The van der Waals surface area contributed by atoms with Crippen molar-refractivity contribution in [1.82, 2.24) is 0 Å². The number of esters is 1. The molecule has 0 bridgehead atoms. The standard InChI is InChI=1S/C25H22N2O5/c1-13-4-10-19-16(12-13)5-11-20-21-22(23(14(2)28)27(19)20)25(31)26(24(21)30)17-6-8-18(9-7-17)32-15(3)29/h4-12,20-23H,1-3H3. The van der Waals surface area contributed by atoms with Gasteiger partial charge in [-0.2, -0.15) is 0 Å². The third-order valence-corrected chi connectivity index (χ3v) is 6.43. The van der Waals surface area contributed by atoms with Gasteiger partial charge in [-0.1, -0.05) is 23.8 Å². The number of carbonyl (C=O) groups is 4. The van der Waals surface area contributed by atoms with Gasteiger partial charge in [-0.15, -0.1) is 0 Å². The van der Waals surface area contributed by atoms with Gasteiger partial charge in [0.05, 0.1) is 23.6 Å². The first-order chi connectivity index (χ1) is 15.3. The highest BCUT2D eigenvalue weighted by Gasteiger charge is 2.63. The minimum Gasteiger partial charge on any atom is -0.427 e. The highest BCUT2D eigenvalue weighted by atomic mass is 16.5. The molecule has 4 atom stereocenters. The molecule has 2 saturated heterocycles. The van der Waals surface area contributed by atoms with Crippen LogP contribution in [0.2, 0.25) is 0 Å². The van der Waals surface area contributed by atoms with Crippen LogP contribution in [0.25, 0.3) is 6.08 Å². The van der Waals surface area contributed by atoms with Gasteiger partial charge in [-0.25, -0.2) is 4.90 Å². The summed E-state index contributed by atoms with van der Waals surface area (Å²) in [5.41, 5.74) is 3.34. The molecular weight excluding hydrogens is 408 g/mol. The van der Waals surface area contributed by atoms with Gasteiger partial charge in [0.25, 0.3) is 0 Å². The summed E-state index contributed by atoms with van der Waals surface area (Å²) < 4.78 is 5.03. The Bertz CT molecular complexity index is 1200. The van der Waals surface area contributed by atoms with Crippen LogP contribution in [0.4, 0.5) is 11.4 Å². The van der Waals surface area contributed by atoms with Crippen molar-refractivity contribution in [3.05, 3.63) is 59.7 Å². The van der Waals surface area contributed by atoms with Crippen molar-refractivity contribution in [3.8, 4) is 5.75 Å². The first-order valence-corrected chi connectivity index (χ1v) is 10.5. The van der Waals surface area contributed by atoms with E-state index >= 15 is 0 Å². The second kappa shape index (κ2) is 7.15. The molecule has 4 unspecified atom stereocenters. The van der Waals surface area contributed by atoms with E-state index in [0.717, 1.165) is 16.8 Å². The first kappa shape index (κ1) is 20.2. The summed E-state index contributed by atoms with van der Waals surface area (Å²) in [5, 5.41) is 0. The Morgan fingerprint density at radius 1 is 0.938 bits per heavy atom. The average molecular weight is 430 g/mol. The molecule has 0 radical (unpaired) electrons. The van der Waals surface area contributed by atoms with Crippen molar-refractivity contribution in [2.45, 2.75) is 32.9 Å². The van der Waals surface area contributed by atoms with E-state index in [2.05, 4.69) is 0 Å². The minimum absolute atomic E-state index is 0.141. The number of nitrogens with zero attached hydrogens (tertiary/aromatic N) is 2. The normalized spacial score (nSPS) is 25.5. The zero-order chi connectivity index (χ0) is 22.7. The van der Waals surface area contributed by atoms with E-state index in [1.807, 2.05) is 42.2 Å². The van der Waals surface area contributed by atoms with Crippen LogP contribution in [0.1, 0.15) is 25.0 Å². The summed E-state index contributed by atoms with van der Waals surface area (Å²) in [6.07, 6.45) is 3.90.